The van der Waals surface area contributed by atoms with Crippen LogP contribution in [-0.2, 0) is 6.54 Å². The third-order valence-corrected chi connectivity index (χ3v) is 4.78. The zero-order valence-corrected chi connectivity index (χ0v) is 18.9. The summed E-state index contributed by atoms with van der Waals surface area (Å²) in [6.45, 7) is 3.35. The molecule has 160 valence electrons. The number of nitrogens with zero attached hydrogens (tertiary/aromatic N) is 3. The third-order valence-electron chi connectivity index (χ3n) is 4.78. The van der Waals surface area contributed by atoms with Crippen molar-refractivity contribution in [2.75, 3.05) is 47.4 Å². The number of hydrogen-bond donors (Lipinski definition) is 1. The van der Waals surface area contributed by atoms with Crippen LogP contribution in [0.15, 0.2) is 23.2 Å². The Morgan fingerprint density at radius 2 is 1.82 bits per heavy atom. The minimum Gasteiger partial charge on any atom is -0.497 e. The van der Waals surface area contributed by atoms with Gasteiger partial charge < -0.3 is 19.7 Å². The van der Waals surface area contributed by atoms with Gasteiger partial charge in [0, 0.05) is 51.4 Å². The number of benzene rings is 1. The number of halogens is 4. The number of alkyl halides is 3. The molecule has 28 heavy (non-hydrogen) atoms. The lowest BCUT2D eigenvalue weighted by molar-refractivity contribution is -0.181. The molecule has 0 radical (unpaired) electrons. The van der Waals surface area contributed by atoms with Gasteiger partial charge in [-0.25, -0.2) is 0 Å². The predicted octanol–water partition coefficient (Wildman–Crippen LogP) is 2.97. The van der Waals surface area contributed by atoms with Gasteiger partial charge in [0.25, 0.3) is 0 Å². The molecule has 1 N–H and O–H groups in total. The zero-order chi connectivity index (χ0) is 20.0. The predicted molar refractivity (Wildman–Crippen MR) is 114 cm³/mol. The molecule has 1 saturated heterocycles. The first-order valence-corrected chi connectivity index (χ1v) is 8.77. The molecule has 0 saturated carbocycles. The van der Waals surface area contributed by atoms with Crippen LogP contribution in [0.4, 0.5) is 13.2 Å². The van der Waals surface area contributed by atoms with Crippen LogP contribution in [0.25, 0.3) is 0 Å². The number of ether oxygens (including phenoxy) is 2. The second-order valence-corrected chi connectivity index (χ2v) is 6.32. The van der Waals surface area contributed by atoms with Crippen LogP contribution >= 0.6 is 24.0 Å². The number of piperazine rings is 1. The topological polar surface area (TPSA) is 49.3 Å². The lowest BCUT2D eigenvalue weighted by Crippen LogP contribution is -2.56. The molecule has 1 aliphatic heterocycles. The number of aliphatic imine (C=N–C) groups is 1. The van der Waals surface area contributed by atoms with E-state index in [2.05, 4.69) is 10.3 Å². The molecule has 0 spiro atoms. The lowest BCUT2D eigenvalue weighted by atomic mass is 10.2. The second kappa shape index (κ2) is 10.9. The maximum Gasteiger partial charge on any atom is 0.403 e. The van der Waals surface area contributed by atoms with E-state index in [0.29, 0.717) is 50.2 Å². The summed E-state index contributed by atoms with van der Waals surface area (Å²) >= 11 is 0. The Labute approximate surface area is 181 Å². The fourth-order valence-electron chi connectivity index (χ4n) is 3.03. The van der Waals surface area contributed by atoms with Gasteiger partial charge in [0.1, 0.15) is 17.5 Å². The van der Waals surface area contributed by atoms with Crippen molar-refractivity contribution in [1.29, 1.82) is 0 Å². The van der Waals surface area contributed by atoms with E-state index in [1.165, 1.54) is 11.8 Å². The second-order valence-electron chi connectivity index (χ2n) is 6.32. The highest BCUT2D eigenvalue weighted by Gasteiger charge is 2.41. The maximum absolute atomic E-state index is 12.9. The third kappa shape index (κ3) is 6.29. The highest BCUT2D eigenvalue weighted by Crippen LogP contribution is 2.26. The van der Waals surface area contributed by atoms with E-state index in [9.17, 15) is 13.2 Å². The van der Waals surface area contributed by atoms with Gasteiger partial charge >= 0.3 is 6.18 Å². The highest BCUT2D eigenvalue weighted by atomic mass is 127. The Bertz CT molecular complexity index is 650. The van der Waals surface area contributed by atoms with Crippen molar-refractivity contribution in [1.82, 2.24) is 15.1 Å². The number of nitrogens with one attached hydrogen (secondary N) is 1. The molecule has 2 rings (SSSR count). The van der Waals surface area contributed by atoms with E-state index in [1.807, 2.05) is 17.0 Å². The van der Waals surface area contributed by atoms with Crippen LogP contribution < -0.4 is 14.8 Å². The van der Waals surface area contributed by atoms with Crippen molar-refractivity contribution >= 4 is 29.9 Å². The molecule has 1 atom stereocenters. The van der Waals surface area contributed by atoms with Crippen LogP contribution in [0.2, 0.25) is 0 Å². The van der Waals surface area contributed by atoms with Crippen molar-refractivity contribution < 1.29 is 22.6 Å². The van der Waals surface area contributed by atoms with Crippen molar-refractivity contribution in [2.24, 2.45) is 4.99 Å². The van der Waals surface area contributed by atoms with Crippen molar-refractivity contribution in [3.63, 3.8) is 0 Å². The molecule has 1 unspecified atom stereocenters. The Kier molecular flexibility index (Phi) is 9.61. The van der Waals surface area contributed by atoms with Gasteiger partial charge in [0.15, 0.2) is 5.96 Å². The van der Waals surface area contributed by atoms with E-state index >= 15 is 0 Å². The SMILES string of the molecule is CN=C(NCc1ccc(OC)cc1OC)N1CCN(C(C)C(F)(F)F)CC1.I. The monoisotopic (exact) mass is 516 g/mol. The summed E-state index contributed by atoms with van der Waals surface area (Å²) in [6.07, 6.45) is -4.20. The molecular weight excluding hydrogens is 488 g/mol. The van der Waals surface area contributed by atoms with Crippen LogP contribution in [0.5, 0.6) is 11.5 Å². The van der Waals surface area contributed by atoms with E-state index in [0.717, 1.165) is 5.56 Å². The standard InChI is InChI=1S/C18H27F3N4O2.HI/c1-13(18(19,20)21)24-7-9-25(10-8-24)17(22-2)23-12-14-5-6-15(26-3)11-16(14)27-4;/h5-6,11,13H,7-10,12H2,1-4H3,(H,22,23);1H. The van der Waals surface area contributed by atoms with Crippen LogP contribution in [0.3, 0.4) is 0 Å². The summed E-state index contributed by atoms with van der Waals surface area (Å²) in [5, 5.41) is 3.26. The van der Waals surface area contributed by atoms with Crippen LogP contribution in [-0.4, -0.2) is 75.4 Å². The van der Waals surface area contributed by atoms with Gasteiger partial charge in [-0.1, -0.05) is 0 Å². The Hall–Kier alpha value is -1.43. The first kappa shape index (κ1) is 24.6. The average Bonchev–Trinajstić information content (AvgIpc) is 2.67. The van der Waals surface area contributed by atoms with Gasteiger partial charge in [-0.3, -0.25) is 9.89 Å². The number of methoxy groups -OCH3 is 2. The molecule has 1 aromatic carbocycles. The molecule has 6 nitrogen and oxygen atoms in total. The quantitative estimate of drug-likeness (QED) is 0.371. The average molecular weight is 516 g/mol. The minimum absolute atomic E-state index is 0. The molecule has 0 amide bonds. The van der Waals surface area contributed by atoms with Gasteiger partial charge in [0.2, 0.25) is 0 Å². The van der Waals surface area contributed by atoms with Crippen LogP contribution in [0, 0.1) is 0 Å². The van der Waals surface area contributed by atoms with Gasteiger partial charge in [0.05, 0.1) is 14.2 Å². The number of rotatable bonds is 5. The first-order chi connectivity index (χ1) is 12.8. The summed E-state index contributed by atoms with van der Waals surface area (Å²) in [6, 6.07) is 4.12. The minimum atomic E-state index is -4.20. The fourth-order valence-corrected chi connectivity index (χ4v) is 3.03. The van der Waals surface area contributed by atoms with E-state index in [4.69, 9.17) is 9.47 Å². The summed E-state index contributed by atoms with van der Waals surface area (Å²) < 4.78 is 49.2. The molecule has 1 aromatic rings. The van der Waals surface area contributed by atoms with Crippen molar-refractivity contribution in [3.05, 3.63) is 23.8 Å². The first-order valence-electron chi connectivity index (χ1n) is 8.77. The molecule has 1 aliphatic rings. The van der Waals surface area contributed by atoms with Gasteiger partial charge in [-0.05, 0) is 19.1 Å². The summed E-state index contributed by atoms with van der Waals surface area (Å²) in [7, 11) is 4.85. The molecule has 1 heterocycles. The highest BCUT2D eigenvalue weighted by molar-refractivity contribution is 14.0. The van der Waals surface area contributed by atoms with Crippen LogP contribution in [0.1, 0.15) is 12.5 Å². The van der Waals surface area contributed by atoms with E-state index < -0.39 is 12.2 Å². The summed E-state index contributed by atoms with van der Waals surface area (Å²) in [5.41, 5.74) is 0.934. The lowest BCUT2D eigenvalue weighted by Gasteiger charge is -2.39. The number of hydrogen-bond acceptors (Lipinski definition) is 4. The normalized spacial score (nSPS) is 17.0. The summed E-state index contributed by atoms with van der Waals surface area (Å²) in [4.78, 5) is 7.68. The maximum atomic E-state index is 12.9. The van der Waals surface area contributed by atoms with Crippen molar-refractivity contribution in [3.8, 4) is 11.5 Å². The molecular formula is C18H28F3IN4O2. The molecule has 10 heteroatoms. The smallest absolute Gasteiger partial charge is 0.403 e. The van der Waals surface area contributed by atoms with Gasteiger partial charge in [-0.15, -0.1) is 24.0 Å². The van der Waals surface area contributed by atoms with E-state index in [-0.39, 0.29) is 24.0 Å². The Morgan fingerprint density at radius 1 is 1.18 bits per heavy atom. The Balaban J connectivity index is 0.00000392. The molecule has 0 bridgehead atoms. The van der Waals surface area contributed by atoms with Crippen molar-refractivity contribution in [2.45, 2.75) is 25.7 Å². The number of guanidine groups is 1. The molecule has 1 fully saturated rings. The summed E-state index contributed by atoms with van der Waals surface area (Å²) in [5.74, 6) is 2.06. The fraction of sp³-hybridized carbons (Fsp3) is 0.611. The zero-order valence-electron chi connectivity index (χ0n) is 16.5. The largest absolute Gasteiger partial charge is 0.497 e. The van der Waals surface area contributed by atoms with Gasteiger partial charge in [-0.2, -0.15) is 13.2 Å². The Morgan fingerprint density at radius 3 is 2.32 bits per heavy atom. The molecule has 0 aromatic heterocycles. The molecule has 0 aliphatic carbocycles. The van der Waals surface area contributed by atoms with E-state index in [1.54, 1.807) is 27.3 Å².